The van der Waals surface area contributed by atoms with Crippen LogP contribution in [0.15, 0.2) is 18.2 Å². The first kappa shape index (κ1) is 11.1. The van der Waals surface area contributed by atoms with Gasteiger partial charge in [0.1, 0.15) is 11.6 Å². The molecule has 17 heavy (non-hydrogen) atoms. The van der Waals surface area contributed by atoms with Gasteiger partial charge in [0.05, 0.1) is 11.3 Å². The average Bonchev–Trinajstić information content (AvgIpc) is 2.57. The molecule has 0 aliphatic rings. The summed E-state index contributed by atoms with van der Waals surface area (Å²) in [5, 5.41) is 13.3. The highest BCUT2D eigenvalue weighted by atomic mass is 16.4. The van der Waals surface area contributed by atoms with Crippen molar-refractivity contribution in [3.05, 3.63) is 35.4 Å². The van der Waals surface area contributed by atoms with Crippen LogP contribution in [0.2, 0.25) is 0 Å². The van der Waals surface area contributed by atoms with Gasteiger partial charge in [0, 0.05) is 5.69 Å². The Morgan fingerprint density at radius 2 is 2.12 bits per heavy atom. The van der Waals surface area contributed by atoms with Crippen LogP contribution >= 0.6 is 0 Å². The van der Waals surface area contributed by atoms with Crippen LogP contribution in [0, 0.1) is 13.8 Å². The number of hydrogen-bond acceptors (Lipinski definition) is 4. The second-order valence-corrected chi connectivity index (χ2v) is 3.70. The number of nitrogens with zero attached hydrogens (tertiary/aromatic N) is 3. The van der Waals surface area contributed by atoms with Crippen molar-refractivity contribution in [3.8, 4) is 5.69 Å². The molecule has 0 aliphatic heterocycles. The molecule has 3 N–H and O–H groups in total. The molecular weight excluding hydrogens is 220 g/mol. The molecule has 0 atom stereocenters. The molecule has 0 unspecified atom stereocenters. The summed E-state index contributed by atoms with van der Waals surface area (Å²) < 4.78 is 1.48. The van der Waals surface area contributed by atoms with Gasteiger partial charge in [0.2, 0.25) is 0 Å². The smallest absolute Gasteiger partial charge is 0.337 e. The molecule has 0 aliphatic carbocycles. The van der Waals surface area contributed by atoms with Gasteiger partial charge in [-0.25, -0.2) is 14.5 Å². The Hall–Kier alpha value is -2.37. The number of benzene rings is 1. The minimum Gasteiger partial charge on any atom is -0.478 e. The maximum absolute atomic E-state index is 11.1. The van der Waals surface area contributed by atoms with Crippen molar-refractivity contribution in [2.75, 3.05) is 5.73 Å². The van der Waals surface area contributed by atoms with Gasteiger partial charge in [-0.05, 0) is 32.0 Å². The van der Waals surface area contributed by atoms with Crippen molar-refractivity contribution in [1.82, 2.24) is 14.8 Å². The first-order chi connectivity index (χ1) is 7.99. The minimum atomic E-state index is -1.02. The van der Waals surface area contributed by atoms with Gasteiger partial charge in [0.25, 0.3) is 0 Å². The van der Waals surface area contributed by atoms with Crippen LogP contribution in [0.1, 0.15) is 22.0 Å². The van der Waals surface area contributed by atoms with E-state index in [2.05, 4.69) is 10.1 Å². The number of hydrogen-bond donors (Lipinski definition) is 2. The Morgan fingerprint density at radius 3 is 2.65 bits per heavy atom. The van der Waals surface area contributed by atoms with E-state index in [4.69, 9.17) is 10.8 Å². The van der Waals surface area contributed by atoms with Gasteiger partial charge in [-0.3, -0.25) is 0 Å². The van der Waals surface area contributed by atoms with Gasteiger partial charge >= 0.3 is 5.97 Å². The van der Waals surface area contributed by atoms with Crippen molar-refractivity contribution in [2.24, 2.45) is 0 Å². The third-order valence-electron chi connectivity index (χ3n) is 2.36. The van der Waals surface area contributed by atoms with E-state index in [9.17, 15) is 4.79 Å². The van der Waals surface area contributed by atoms with E-state index < -0.39 is 5.97 Å². The quantitative estimate of drug-likeness (QED) is 0.758. The summed E-state index contributed by atoms with van der Waals surface area (Å²) in [5.74, 6) is 0.185. The molecule has 0 amide bonds. The summed E-state index contributed by atoms with van der Waals surface area (Å²) in [6.45, 7) is 3.51. The molecule has 1 heterocycles. The van der Waals surface area contributed by atoms with Crippen LogP contribution < -0.4 is 5.73 Å². The lowest BCUT2D eigenvalue weighted by Crippen LogP contribution is -2.08. The topological polar surface area (TPSA) is 94.0 Å². The normalized spacial score (nSPS) is 10.5. The summed E-state index contributed by atoms with van der Waals surface area (Å²) in [6, 6.07) is 4.58. The van der Waals surface area contributed by atoms with E-state index >= 15 is 0 Å². The van der Waals surface area contributed by atoms with E-state index in [1.165, 1.54) is 10.7 Å². The zero-order valence-corrected chi connectivity index (χ0v) is 9.51. The number of carboxylic acid groups (broad SMARTS) is 1. The summed E-state index contributed by atoms with van der Waals surface area (Å²) >= 11 is 0. The fraction of sp³-hybridized carbons (Fsp3) is 0.182. The molecule has 1 aromatic carbocycles. The van der Waals surface area contributed by atoms with E-state index in [0.717, 1.165) is 0 Å². The fourth-order valence-corrected chi connectivity index (χ4v) is 1.65. The second-order valence-electron chi connectivity index (χ2n) is 3.70. The summed E-state index contributed by atoms with van der Waals surface area (Å²) in [5.41, 5.74) is 6.72. The number of anilines is 1. The maximum atomic E-state index is 11.1. The highest BCUT2D eigenvalue weighted by Gasteiger charge is 2.15. The van der Waals surface area contributed by atoms with Crippen molar-refractivity contribution >= 4 is 11.7 Å². The number of aromatic nitrogens is 3. The number of nitrogens with two attached hydrogens (primary N) is 1. The molecule has 2 rings (SSSR count). The third kappa shape index (κ3) is 1.96. The largest absolute Gasteiger partial charge is 0.478 e. The van der Waals surface area contributed by atoms with Gasteiger partial charge in [-0.2, -0.15) is 5.10 Å². The van der Waals surface area contributed by atoms with Crippen LogP contribution in [-0.4, -0.2) is 25.8 Å². The molecule has 0 radical (unpaired) electrons. The molecule has 0 fully saturated rings. The van der Waals surface area contributed by atoms with Crippen LogP contribution in [0.3, 0.4) is 0 Å². The van der Waals surface area contributed by atoms with E-state index in [1.807, 2.05) is 0 Å². The fourth-order valence-electron chi connectivity index (χ4n) is 1.65. The molecule has 0 bridgehead atoms. The number of aryl methyl sites for hydroxylation is 2. The van der Waals surface area contributed by atoms with Gasteiger partial charge in [0.15, 0.2) is 0 Å². The number of rotatable bonds is 2. The van der Waals surface area contributed by atoms with E-state index in [0.29, 0.717) is 23.0 Å². The van der Waals surface area contributed by atoms with Crippen molar-refractivity contribution < 1.29 is 9.90 Å². The molecule has 2 aromatic rings. The van der Waals surface area contributed by atoms with Crippen LogP contribution in [0.5, 0.6) is 0 Å². The first-order valence-corrected chi connectivity index (χ1v) is 5.02. The lowest BCUT2D eigenvalue weighted by Gasteiger charge is -2.08. The third-order valence-corrected chi connectivity index (χ3v) is 2.36. The van der Waals surface area contributed by atoms with Crippen LogP contribution in [0.25, 0.3) is 5.69 Å². The standard InChI is InChI=1S/C11H12N4O2/c1-6-13-7(2)15(14-6)10-5-8(12)3-4-9(10)11(16)17/h3-5H,12H2,1-2H3,(H,16,17). The Labute approximate surface area is 97.7 Å². The first-order valence-electron chi connectivity index (χ1n) is 5.02. The second kappa shape index (κ2) is 3.89. The SMILES string of the molecule is Cc1nc(C)n(-c2cc(N)ccc2C(=O)O)n1. The highest BCUT2D eigenvalue weighted by Crippen LogP contribution is 2.19. The number of carboxylic acids is 1. The Kier molecular flexibility index (Phi) is 2.55. The predicted molar refractivity (Wildman–Crippen MR) is 62.2 cm³/mol. The monoisotopic (exact) mass is 232 g/mol. The van der Waals surface area contributed by atoms with Crippen molar-refractivity contribution in [3.63, 3.8) is 0 Å². The maximum Gasteiger partial charge on any atom is 0.337 e. The Morgan fingerprint density at radius 1 is 1.41 bits per heavy atom. The molecule has 6 nitrogen and oxygen atoms in total. The van der Waals surface area contributed by atoms with Gasteiger partial charge < -0.3 is 10.8 Å². The number of aromatic carboxylic acids is 1. The summed E-state index contributed by atoms with van der Waals surface area (Å²) in [7, 11) is 0. The highest BCUT2D eigenvalue weighted by molar-refractivity contribution is 5.92. The molecule has 0 saturated carbocycles. The molecule has 0 spiro atoms. The van der Waals surface area contributed by atoms with E-state index in [-0.39, 0.29) is 5.56 Å². The van der Waals surface area contributed by atoms with Crippen molar-refractivity contribution in [1.29, 1.82) is 0 Å². The molecule has 1 aromatic heterocycles. The number of carbonyl (C=O) groups is 1. The van der Waals surface area contributed by atoms with Crippen molar-refractivity contribution in [2.45, 2.75) is 13.8 Å². The van der Waals surface area contributed by atoms with Gasteiger partial charge in [-0.1, -0.05) is 0 Å². The van der Waals surface area contributed by atoms with Crippen LogP contribution in [-0.2, 0) is 0 Å². The van der Waals surface area contributed by atoms with Gasteiger partial charge in [-0.15, -0.1) is 0 Å². The Balaban J connectivity index is 2.69. The lowest BCUT2D eigenvalue weighted by molar-refractivity contribution is 0.0697. The Bertz CT molecular complexity index is 589. The predicted octanol–water partition coefficient (Wildman–Crippen LogP) is 1.16. The summed E-state index contributed by atoms with van der Waals surface area (Å²) in [6.07, 6.45) is 0. The average molecular weight is 232 g/mol. The van der Waals surface area contributed by atoms with E-state index in [1.54, 1.807) is 26.0 Å². The molecule has 0 saturated heterocycles. The minimum absolute atomic E-state index is 0.146. The number of nitrogen functional groups attached to an aromatic ring is 1. The molecular formula is C11H12N4O2. The molecule has 88 valence electrons. The zero-order valence-electron chi connectivity index (χ0n) is 9.51. The summed E-state index contributed by atoms with van der Waals surface area (Å²) in [4.78, 5) is 15.3. The zero-order chi connectivity index (χ0) is 12.6. The lowest BCUT2D eigenvalue weighted by atomic mass is 10.1. The molecule has 6 heteroatoms. The van der Waals surface area contributed by atoms with Crippen LogP contribution in [0.4, 0.5) is 5.69 Å².